The van der Waals surface area contributed by atoms with Crippen molar-refractivity contribution >= 4 is 27.5 Å². The number of carbonyl (C=O) groups is 1. The number of nitrogen functional groups attached to an aromatic ring is 1. The van der Waals surface area contributed by atoms with Crippen molar-refractivity contribution in [3.63, 3.8) is 0 Å². The monoisotopic (exact) mass is 1000 g/mol. The minimum absolute atomic E-state index is 0.0355. The molecule has 0 spiro atoms. The third-order valence-electron chi connectivity index (χ3n) is 10.2. The van der Waals surface area contributed by atoms with Gasteiger partial charge in [-0.15, -0.1) is 0 Å². The number of alkyl halides is 1. The molecule has 0 saturated heterocycles. The molecular formula is C47H37BrN8O13. The summed E-state index contributed by atoms with van der Waals surface area (Å²) in [7, 11) is 0. The van der Waals surface area contributed by atoms with Crippen LogP contribution in [0.5, 0.6) is 69.0 Å². The lowest BCUT2D eigenvalue weighted by Crippen LogP contribution is -2.10. The number of aromatic hydroxyl groups is 4. The molecule has 2 aromatic heterocycles. The van der Waals surface area contributed by atoms with E-state index in [0.29, 0.717) is 85.4 Å². The maximum atomic E-state index is 11.3. The zero-order valence-corrected chi connectivity index (χ0v) is 37.2. The number of amidine groups is 1. The molecule has 350 valence electrons. The number of aromatic amines is 2. The number of carbonyl (C=O) groups excluding carboxylic acids is 1. The molecule has 0 unspecified atom stereocenters. The van der Waals surface area contributed by atoms with Gasteiger partial charge in [0.05, 0.1) is 5.33 Å². The van der Waals surface area contributed by atoms with Crippen LogP contribution < -0.4 is 43.6 Å². The summed E-state index contributed by atoms with van der Waals surface area (Å²) in [6.45, 7) is 0.977. The highest BCUT2D eigenvalue weighted by Crippen LogP contribution is 2.38. The first-order valence-electron chi connectivity index (χ1n) is 20.4. The van der Waals surface area contributed by atoms with E-state index in [1.165, 1.54) is 24.3 Å². The van der Waals surface area contributed by atoms with Gasteiger partial charge in [0.2, 0.25) is 27.2 Å². The van der Waals surface area contributed by atoms with Gasteiger partial charge >= 0.3 is 0 Å². The third-order valence-corrected chi connectivity index (χ3v) is 10.7. The molecule has 6 heterocycles. The molecule has 6 aromatic carbocycles. The first-order chi connectivity index (χ1) is 33.5. The number of nitrogens with two attached hydrogens (primary N) is 1. The lowest BCUT2D eigenvalue weighted by Gasteiger charge is -2.00. The van der Waals surface area contributed by atoms with Crippen LogP contribution in [0, 0.1) is 5.41 Å². The second-order valence-electron chi connectivity index (χ2n) is 14.7. The minimum Gasteiger partial charge on any atom is -0.504 e. The molecule has 0 fully saturated rings. The van der Waals surface area contributed by atoms with Crippen molar-refractivity contribution < 1.29 is 63.1 Å². The maximum absolute atomic E-state index is 11.3. The lowest BCUT2D eigenvalue weighted by molar-refractivity contribution is 0.102. The van der Waals surface area contributed by atoms with Crippen molar-refractivity contribution in [2.24, 2.45) is 5.73 Å². The first kappa shape index (κ1) is 45.0. The van der Waals surface area contributed by atoms with Crippen LogP contribution in [0.3, 0.4) is 0 Å². The number of H-pyrrole nitrogens is 2. The molecule has 9 N–H and O–H groups in total. The van der Waals surface area contributed by atoms with Crippen LogP contribution in [0.1, 0.15) is 15.9 Å². The Labute approximate surface area is 398 Å². The number of aromatic nitrogens is 6. The van der Waals surface area contributed by atoms with Gasteiger partial charge in [0.25, 0.3) is 0 Å². The van der Waals surface area contributed by atoms with E-state index in [4.69, 9.17) is 49.0 Å². The van der Waals surface area contributed by atoms with Gasteiger partial charge in [-0.1, -0.05) is 15.9 Å². The Morgan fingerprint density at radius 2 is 0.855 bits per heavy atom. The molecule has 0 atom stereocenters. The predicted octanol–water partition coefficient (Wildman–Crippen LogP) is 7.25. The zero-order chi connectivity index (χ0) is 48.0. The molecule has 21 nitrogen and oxygen atoms in total. The van der Waals surface area contributed by atoms with Crippen LogP contribution in [0.4, 0.5) is 0 Å². The average Bonchev–Trinajstić information content (AvgIpc) is 4.23. The fourth-order valence-electron chi connectivity index (χ4n) is 6.66. The van der Waals surface area contributed by atoms with Crippen molar-refractivity contribution in [1.29, 1.82) is 5.41 Å². The van der Waals surface area contributed by atoms with Gasteiger partial charge in [-0.05, 0) is 109 Å². The van der Waals surface area contributed by atoms with Crippen LogP contribution in [-0.4, -0.2) is 94.9 Å². The number of hydrogen-bond acceptors (Lipinski definition) is 18. The second-order valence-corrected chi connectivity index (χ2v) is 15.2. The summed E-state index contributed by atoms with van der Waals surface area (Å²) >= 11 is 3.11. The zero-order valence-electron chi connectivity index (χ0n) is 35.6. The van der Waals surface area contributed by atoms with Gasteiger partial charge in [0.15, 0.2) is 98.1 Å². The fourth-order valence-corrected chi connectivity index (χ4v) is 6.99. The van der Waals surface area contributed by atoms with E-state index in [1.807, 2.05) is 36.4 Å². The number of phenols is 4. The van der Waals surface area contributed by atoms with Gasteiger partial charge in [-0.2, -0.15) is 10.2 Å². The number of hydrogen-bond donors (Lipinski definition) is 8. The summed E-state index contributed by atoms with van der Waals surface area (Å²) in [4.78, 5) is 20.1. The van der Waals surface area contributed by atoms with E-state index >= 15 is 0 Å². The van der Waals surface area contributed by atoms with Gasteiger partial charge in [0.1, 0.15) is 5.84 Å². The SMILES string of the molecule is N=C(N)c1ccc2c(c1)OCO2.O=C(CBr)c1ccc2c(c1)OCO2.Oc1ccc(-c2n[nH]c(-c3ccc(O)c(O)c3)n2)cc1O.c1cc2c(cc1-c1n[nH]c(-c3ccc4c(c3)OCO4)n1)OCO2. The van der Waals surface area contributed by atoms with E-state index < -0.39 is 0 Å². The summed E-state index contributed by atoms with van der Waals surface area (Å²) in [5.74, 6) is 6.69. The van der Waals surface area contributed by atoms with Crippen LogP contribution in [0.15, 0.2) is 109 Å². The normalized spacial score (nSPS) is 12.7. The van der Waals surface area contributed by atoms with E-state index in [-0.39, 0.29) is 61.8 Å². The number of ether oxygens (including phenoxy) is 8. The molecule has 4 aliphatic rings. The molecule has 22 heteroatoms. The highest BCUT2D eigenvalue weighted by atomic mass is 79.9. The molecule has 0 radical (unpaired) electrons. The first-order valence-corrected chi connectivity index (χ1v) is 21.5. The Morgan fingerprint density at radius 3 is 1.35 bits per heavy atom. The minimum atomic E-state index is -0.263. The van der Waals surface area contributed by atoms with E-state index in [9.17, 15) is 25.2 Å². The Kier molecular flexibility index (Phi) is 12.9. The highest BCUT2D eigenvalue weighted by Gasteiger charge is 2.20. The lowest BCUT2D eigenvalue weighted by atomic mass is 10.1. The summed E-state index contributed by atoms with van der Waals surface area (Å²) in [6, 6.07) is 30.2. The Morgan fingerprint density at radius 1 is 0.493 bits per heavy atom. The molecule has 0 aliphatic carbocycles. The number of halogens is 1. The maximum Gasteiger partial charge on any atom is 0.231 e. The molecule has 0 amide bonds. The second kappa shape index (κ2) is 19.7. The number of ketones is 1. The highest BCUT2D eigenvalue weighted by molar-refractivity contribution is 9.09. The quantitative estimate of drug-likeness (QED) is 0.0256. The standard InChI is InChI=1S/C16H11N3O4.C14H11N3O4.C9H7BrO3.C8H8N2O2/c1-3-11-13(22-7-20-11)5-9(1)15-17-16(19-18-15)10-2-4-12-14(6-10)23-8-21-12;18-9-3-1-7(5-11(9)20)13-15-14(17-16-13)8-2-4-10(19)12(21)6-8;10-4-7(11)6-1-2-8-9(3-6)13-5-12-8;9-8(10)5-1-2-6-7(3-5)12-4-11-6/h1-6H,7-8H2,(H,17,18,19);1-6,18-21H,(H,15,16,17);1-3H,4-5H2;1-3H,4H2,(H3,9,10). The van der Waals surface area contributed by atoms with E-state index in [1.54, 1.807) is 48.5 Å². The van der Waals surface area contributed by atoms with Gasteiger partial charge < -0.3 is 64.1 Å². The Bertz CT molecular complexity index is 3080. The number of fused-ring (bicyclic) bond motifs is 4. The number of Topliss-reactive ketones (excluding diaryl/α,β-unsaturated/α-hetero) is 1. The number of phenolic OH excluding ortho intramolecular Hbond substituents is 4. The van der Waals surface area contributed by atoms with E-state index in [0.717, 1.165) is 22.6 Å². The van der Waals surface area contributed by atoms with Crippen LogP contribution >= 0.6 is 15.9 Å². The molecule has 0 saturated carbocycles. The number of benzene rings is 6. The van der Waals surface area contributed by atoms with Crippen molar-refractivity contribution in [1.82, 2.24) is 30.4 Å². The fraction of sp³-hybridized carbons (Fsp3) is 0.106. The van der Waals surface area contributed by atoms with Crippen molar-refractivity contribution in [2.45, 2.75) is 0 Å². The molecule has 0 bridgehead atoms. The summed E-state index contributed by atoms with van der Waals surface area (Å²) in [5, 5.41) is 59.0. The van der Waals surface area contributed by atoms with Crippen LogP contribution in [-0.2, 0) is 0 Å². The average molecular weight is 1000 g/mol. The van der Waals surface area contributed by atoms with E-state index in [2.05, 4.69) is 46.3 Å². The summed E-state index contributed by atoms with van der Waals surface area (Å²) in [5.41, 5.74) is 9.40. The number of nitrogens with zero attached hydrogens (tertiary/aromatic N) is 4. The summed E-state index contributed by atoms with van der Waals surface area (Å²) in [6.07, 6.45) is 0. The van der Waals surface area contributed by atoms with Gasteiger partial charge in [-0.3, -0.25) is 20.4 Å². The molecule has 12 rings (SSSR count). The largest absolute Gasteiger partial charge is 0.504 e. The molecule has 8 aromatic rings. The predicted molar refractivity (Wildman–Crippen MR) is 248 cm³/mol. The van der Waals surface area contributed by atoms with Crippen LogP contribution in [0.2, 0.25) is 0 Å². The molecular weight excluding hydrogens is 964 g/mol. The van der Waals surface area contributed by atoms with Gasteiger partial charge in [-0.25, -0.2) is 9.97 Å². The smallest absolute Gasteiger partial charge is 0.231 e. The summed E-state index contributed by atoms with van der Waals surface area (Å²) < 4.78 is 41.9. The van der Waals surface area contributed by atoms with Crippen molar-refractivity contribution in [3.8, 4) is 115 Å². The van der Waals surface area contributed by atoms with Crippen molar-refractivity contribution in [2.75, 3.05) is 32.5 Å². The Hall–Kier alpha value is -9.18. The number of rotatable bonds is 7. The number of nitrogens with one attached hydrogen (secondary N) is 3. The molecule has 4 aliphatic heterocycles. The van der Waals surface area contributed by atoms with Gasteiger partial charge in [0, 0.05) is 33.4 Å². The topological polar surface area (TPSA) is 305 Å². The van der Waals surface area contributed by atoms with Crippen molar-refractivity contribution in [3.05, 3.63) is 120 Å². The third kappa shape index (κ3) is 10.1. The van der Waals surface area contributed by atoms with Crippen LogP contribution in [0.25, 0.3) is 45.6 Å². The molecule has 69 heavy (non-hydrogen) atoms. The Balaban J connectivity index is 0.000000119.